The van der Waals surface area contributed by atoms with E-state index >= 15 is 0 Å². The maximum atomic E-state index is 13.7. The Balaban J connectivity index is 0.875. The Bertz CT molecular complexity index is 2010. The molecule has 2 amide bonds. The Labute approximate surface area is 311 Å². The van der Waals surface area contributed by atoms with Crippen LogP contribution in [-0.2, 0) is 11.3 Å². The summed E-state index contributed by atoms with van der Waals surface area (Å²) in [6.45, 7) is 13.2. The first-order valence-corrected chi connectivity index (χ1v) is 19.8. The lowest BCUT2D eigenvalue weighted by atomic mass is 9.51. The molecule has 0 spiro atoms. The first-order chi connectivity index (χ1) is 25.6. The SMILES string of the molecule is Cc1cc(C)c(CNC(=O)c2cc(-c3ccc(N4CCN(CCNC(=O)CC5C6CC7CC(C6)CC5C7)CC4)nc3)cc3c2cnn3C(C)C)c(=O)[nH]1. The van der Waals surface area contributed by atoms with E-state index in [4.69, 9.17) is 4.98 Å². The second-order valence-electron chi connectivity index (χ2n) is 16.6. The standard InChI is InChI=1S/C42H54N8O3/c1-25(2)50-38-20-31(19-35(37(38)24-46-50)41(52)45-23-36-26(3)13-27(4)47-42(36)53)30-5-6-39(44-22-30)49-11-9-48(10-12-49)8-7-43-40(51)21-34-32-15-28-14-29(17-32)18-33(34)16-28/h5-6,13,19-20,22,24-25,28-29,32-34H,7-12,14-18,21,23H2,1-4H3,(H,43,51)(H,45,52)(H,47,53). The van der Waals surface area contributed by atoms with Crippen LogP contribution in [-0.4, -0.2) is 75.7 Å². The fourth-order valence-corrected chi connectivity index (χ4v) is 10.2. The molecule has 4 aliphatic carbocycles. The number of benzene rings is 1. The number of piperazine rings is 1. The summed E-state index contributed by atoms with van der Waals surface area (Å²) in [7, 11) is 0. The molecular weight excluding hydrogens is 665 g/mol. The Kier molecular flexibility index (Phi) is 9.87. The Morgan fingerprint density at radius 3 is 2.30 bits per heavy atom. The van der Waals surface area contributed by atoms with E-state index in [9.17, 15) is 14.4 Å². The number of nitrogens with one attached hydrogen (secondary N) is 3. The van der Waals surface area contributed by atoms with Crippen LogP contribution >= 0.6 is 0 Å². The zero-order valence-corrected chi connectivity index (χ0v) is 31.7. The number of hydrogen-bond donors (Lipinski definition) is 3. The van der Waals surface area contributed by atoms with Crippen molar-refractivity contribution in [3.63, 3.8) is 0 Å². The number of rotatable bonds is 11. The van der Waals surface area contributed by atoms with Crippen molar-refractivity contribution in [2.24, 2.45) is 29.6 Å². The van der Waals surface area contributed by atoms with Crippen molar-refractivity contribution in [1.82, 2.24) is 35.3 Å². The van der Waals surface area contributed by atoms with Gasteiger partial charge < -0.3 is 20.5 Å². The van der Waals surface area contributed by atoms with Gasteiger partial charge in [0.1, 0.15) is 5.82 Å². The number of anilines is 1. The summed E-state index contributed by atoms with van der Waals surface area (Å²) in [5, 5.41) is 11.6. The molecular formula is C42H54N8O3. The minimum Gasteiger partial charge on any atom is -0.355 e. The largest absolute Gasteiger partial charge is 0.355 e. The van der Waals surface area contributed by atoms with Crippen LogP contribution in [0.4, 0.5) is 5.82 Å². The predicted molar refractivity (Wildman–Crippen MR) is 208 cm³/mol. The van der Waals surface area contributed by atoms with Gasteiger partial charge in [0.05, 0.1) is 17.3 Å². The van der Waals surface area contributed by atoms with Crippen molar-refractivity contribution in [1.29, 1.82) is 0 Å². The van der Waals surface area contributed by atoms with Gasteiger partial charge in [0.15, 0.2) is 0 Å². The molecule has 1 saturated heterocycles. The quantitative estimate of drug-likeness (QED) is 0.184. The average Bonchev–Trinajstić information content (AvgIpc) is 3.57. The molecule has 4 heterocycles. The van der Waals surface area contributed by atoms with E-state index in [1.165, 1.54) is 32.1 Å². The van der Waals surface area contributed by atoms with Gasteiger partial charge in [-0.1, -0.05) is 0 Å². The van der Waals surface area contributed by atoms with E-state index in [-0.39, 0.29) is 30.0 Å². The first-order valence-electron chi connectivity index (χ1n) is 19.8. The predicted octanol–water partition coefficient (Wildman–Crippen LogP) is 5.61. The summed E-state index contributed by atoms with van der Waals surface area (Å²) >= 11 is 0. The summed E-state index contributed by atoms with van der Waals surface area (Å²) in [5.41, 5.74) is 5.16. The highest BCUT2D eigenvalue weighted by molar-refractivity contribution is 6.08. The number of H-pyrrole nitrogens is 1. The number of pyridine rings is 2. The Morgan fingerprint density at radius 2 is 1.64 bits per heavy atom. The minimum atomic E-state index is -0.260. The molecule has 3 N–H and O–H groups in total. The monoisotopic (exact) mass is 718 g/mol. The van der Waals surface area contributed by atoms with E-state index in [2.05, 4.69) is 62.6 Å². The first kappa shape index (κ1) is 35.5. The molecule has 4 bridgehead atoms. The smallest absolute Gasteiger partial charge is 0.253 e. The fraction of sp³-hybridized carbons (Fsp3) is 0.548. The van der Waals surface area contributed by atoms with Crippen molar-refractivity contribution in [3.8, 4) is 11.1 Å². The molecule has 4 aromatic rings. The average molecular weight is 719 g/mol. The summed E-state index contributed by atoms with van der Waals surface area (Å²) in [4.78, 5) is 51.7. The van der Waals surface area contributed by atoms with Crippen molar-refractivity contribution >= 4 is 28.5 Å². The lowest BCUT2D eigenvalue weighted by Crippen LogP contribution is -2.49. The number of aromatic nitrogens is 4. The topological polar surface area (TPSA) is 128 Å². The Hall–Kier alpha value is -4.51. The normalized spacial score (nSPS) is 23.9. The molecule has 3 aromatic heterocycles. The van der Waals surface area contributed by atoms with Crippen molar-refractivity contribution in [2.45, 2.75) is 78.8 Å². The summed E-state index contributed by atoms with van der Waals surface area (Å²) in [6, 6.07) is 10.1. The Morgan fingerprint density at radius 1 is 0.906 bits per heavy atom. The molecule has 4 saturated carbocycles. The molecule has 0 radical (unpaired) electrons. The maximum absolute atomic E-state index is 13.7. The van der Waals surface area contributed by atoms with Crippen molar-refractivity contribution in [3.05, 3.63) is 75.5 Å². The van der Waals surface area contributed by atoms with Gasteiger partial charge in [0.2, 0.25) is 5.91 Å². The van der Waals surface area contributed by atoms with E-state index in [1.807, 2.05) is 36.9 Å². The van der Waals surface area contributed by atoms with E-state index in [1.54, 1.807) is 6.20 Å². The molecule has 0 unspecified atom stereocenters. The van der Waals surface area contributed by atoms with Crippen LogP contribution < -0.4 is 21.1 Å². The lowest BCUT2D eigenvalue weighted by molar-refractivity contribution is -0.126. The molecule has 11 nitrogen and oxygen atoms in total. The van der Waals surface area contributed by atoms with Gasteiger partial charge >= 0.3 is 0 Å². The zero-order valence-electron chi connectivity index (χ0n) is 31.7. The highest BCUT2D eigenvalue weighted by Crippen LogP contribution is 2.57. The van der Waals surface area contributed by atoms with Gasteiger partial charge in [-0.3, -0.25) is 24.0 Å². The van der Waals surface area contributed by atoms with Crippen LogP contribution in [0.3, 0.4) is 0 Å². The van der Waals surface area contributed by atoms with Gasteiger partial charge in [-0.15, -0.1) is 0 Å². The lowest BCUT2D eigenvalue weighted by Gasteiger charge is -2.54. The highest BCUT2D eigenvalue weighted by atomic mass is 16.2. The molecule has 5 fully saturated rings. The zero-order chi connectivity index (χ0) is 36.8. The van der Waals surface area contributed by atoms with Crippen LogP contribution in [0, 0.1) is 43.4 Å². The third kappa shape index (κ3) is 7.37. The van der Waals surface area contributed by atoms with Crippen LogP contribution in [0.15, 0.2) is 47.5 Å². The number of fused-ring (bicyclic) bond motifs is 1. The van der Waals surface area contributed by atoms with Crippen molar-refractivity contribution in [2.75, 3.05) is 44.2 Å². The number of carbonyl (C=O) groups excluding carboxylic acids is 2. The molecule has 280 valence electrons. The summed E-state index contributed by atoms with van der Waals surface area (Å²) in [5.74, 6) is 5.02. The van der Waals surface area contributed by atoms with E-state index in [0.29, 0.717) is 23.6 Å². The number of aromatic amines is 1. The van der Waals surface area contributed by atoms with Gasteiger partial charge in [-0.05, 0) is 131 Å². The second kappa shape index (κ2) is 14.7. The molecule has 0 atom stereocenters. The minimum absolute atomic E-state index is 0.106. The van der Waals surface area contributed by atoms with Crippen LogP contribution in [0.5, 0.6) is 0 Å². The molecule has 1 aliphatic heterocycles. The third-order valence-electron chi connectivity index (χ3n) is 12.7. The van der Waals surface area contributed by atoms with Gasteiger partial charge in [0.25, 0.3) is 11.5 Å². The summed E-state index contributed by atoms with van der Waals surface area (Å²) in [6.07, 6.45) is 11.3. The molecule has 5 aliphatic rings. The number of carbonyl (C=O) groups is 2. The van der Waals surface area contributed by atoms with E-state index < -0.39 is 0 Å². The molecule has 1 aromatic carbocycles. The van der Waals surface area contributed by atoms with Gasteiger partial charge in [-0.2, -0.15) is 5.10 Å². The second-order valence-corrected chi connectivity index (χ2v) is 16.6. The van der Waals surface area contributed by atoms with Gasteiger partial charge in [-0.25, -0.2) is 4.98 Å². The molecule has 11 heteroatoms. The fourth-order valence-electron chi connectivity index (χ4n) is 10.2. The number of amides is 2. The van der Waals surface area contributed by atoms with E-state index in [0.717, 1.165) is 102 Å². The molecule has 9 rings (SSSR count). The van der Waals surface area contributed by atoms with Crippen LogP contribution in [0.2, 0.25) is 0 Å². The van der Waals surface area contributed by atoms with Crippen LogP contribution in [0.25, 0.3) is 22.0 Å². The molecule has 53 heavy (non-hydrogen) atoms. The van der Waals surface area contributed by atoms with Crippen molar-refractivity contribution < 1.29 is 9.59 Å². The number of aryl methyl sites for hydroxylation is 2. The third-order valence-corrected chi connectivity index (χ3v) is 12.7. The summed E-state index contributed by atoms with van der Waals surface area (Å²) < 4.78 is 1.93. The highest BCUT2D eigenvalue weighted by Gasteiger charge is 2.48. The maximum Gasteiger partial charge on any atom is 0.253 e. The van der Waals surface area contributed by atoms with Gasteiger partial charge in [0, 0.05) is 86.7 Å². The number of hydrogen-bond acceptors (Lipinski definition) is 7. The number of nitrogens with zero attached hydrogens (tertiary/aromatic N) is 5. The van der Waals surface area contributed by atoms with Crippen LogP contribution in [0.1, 0.15) is 85.6 Å².